The molecule has 5 heteroatoms. The molecular weight excluding hydrogens is 274 g/mol. The highest BCUT2D eigenvalue weighted by Gasteiger charge is 2.01. The number of halogens is 1. The number of anilines is 1. The van der Waals surface area contributed by atoms with Crippen LogP contribution in [0.2, 0.25) is 0 Å². The first-order chi connectivity index (χ1) is 7.29. The third-order valence-corrected chi connectivity index (χ3v) is 3.05. The van der Waals surface area contributed by atoms with Gasteiger partial charge in [-0.25, -0.2) is 0 Å². The van der Waals surface area contributed by atoms with Gasteiger partial charge in [0.2, 0.25) is 0 Å². The van der Waals surface area contributed by atoms with Gasteiger partial charge in [0.1, 0.15) is 0 Å². The van der Waals surface area contributed by atoms with Crippen molar-refractivity contribution in [2.45, 2.75) is 6.54 Å². The fraction of sp³-hybridized carbons (Fsp3) is 0.100. The van der Waals surface area contributed by atoms with E-state index in [0.717, 1.165) is 16.8 Å². The van der Waals surface area contributed by atoms with E-state index in [0.29, 0.717) is 0 Å². The monoisotopic (exact) mass is 283 g/mol. The van der Waals surface area contributed by atoms with Crippen molar-refractivity contribution in [1.29, 1.82) is 0 Å². The third kappa shape index (κ3) is 2.54. The van der Waals surface area contributed by atoms with Crippen LogP contribution in [0.25, 0.3) is 0 Å². The van der Waals surface area contributed by atoms with E-state index in [4.69, 9.17) is 0 Å². The SMILES string of the molecule is SNc1ccn(Cc2ccccc2Br)n1. The molecule has 1 aromatic heterocycles. The number of hydrogen-bond donors (Lipinski definition) is 2. The van der Waals surface area contributed by atoms with Gasteiger partial charge < -0.3 is 4.72 Å². The van der Waals surface area contributed by atoms with Crippen LogP contribution in [-0.4, -0.2) is 9.78 Å². The molecule has 0 fully saturated rings. The summed E-state index contributed by atoms with van der Waals surface area (Å²) in [4.78, 5) is 0. The summed E-state index contributed by atoms with van der Waals surface area (Å²) in [7, 11) is 0. The van der Waals surface area contributed by atoms with Crippen molar-refractivity contribution in [2.75, 3.05) is 4.72 Å². The average Bonchev–Trinajstić information content (AvgIpc) is 2.69. The van der Waals surface area contributed by atoms with Crippen LogP contribution in [0.4, 0.5) is 5.82 Å². The summed E-state index contributed by atoms with van der Waals surface area (Å²) in [5.74, 6) is 0.755. The quantitative estimate of drug-likeness (QED) is 0.849. The van der Waals surface area contributed by atoms with Gasteiger partial charge in [-0.15, -0.1) is 0 Å². The van der Waals surface area contributed by atoms with Crippen LogP contribution in [0.3, 0.4) is 0 Å². The van der Waals surface area contributed by atoms with E-state index in [1.54, 1.807) is 0 Å². The molecule has 0 radical (unpaired) electrons. The molecule has 1 aromatic carbocycles. The molecule has 2 rings (SSSR count). The lowest BCUT2D eigenvalue weighted by Crippen LogP contribution is -2.01. The first-order valence-electron chi connectivity index (χ1n) is 4.46. The topological polar surface area (TPSA) is 29.9 Å². The van der Waals surface area contributed by atoms with Crippen LogP contribution < -0.4 is 4.72 Å². The molecule has 78 valence electrons. The Hall–Kier alpha value is -0.940. The second-order valence-electron chi connectivity index (χ2n) is 3.10. The highest BCUT2D eigenvalue weighted by molar-refractivity contribution is 9.10. The first kappa shape index (κ1) is 10.6. The number of aromatic nitrogens is 2. The molecule has 0 saturated heterocycles. The Morgan fingerprint density at radius 1 is 1.33 bits per heavy atom. The minimum absolute atomic E-state index is 0.747. The maximum Gasteiger partial charge on any atom is 0.157 e. The molecule has 0 amide bonds. The number of hydrogen-bond acceptors (Lipinski definition) is 3. The van der Waals surface area contributed by atoms with Crippen LogP contribution in [0.1, 0.15) is 5.56 Å². The number of benzene rings is 1. The van der Waals surface area contributed by atoms with Crippen LogP contribution in [0, 0.1) is 0 Å². The lowest BCUT2D eigenvalue weighted by Gasteiger charge is -2.03. The molecular formula is C10H10BrN3S. The summed E-state index contributed by atoms with van der Waals surface area (Å²) in [6.07, 6.45) is 1.91. The summed E-state index contributed by atoms with van der Waals surface area (Å²) in [5.41, 5.74) is 1.20. The van der Waals surface area contributed by atoms with Crippen LogP contribution in [0.15, 0.2) is 41.0 Å². The predicted molar refractivity (Wildman–Crippen MR) is 68.1 cm³/mol. The smallest absolute Gasteiger partial charge is 0.157 e. The lowest BCUT2D eigenvalue weighted by molar-refractivity contribution is 0.688. The fourth-order valence-electron chi connectivity index (χ4n) is 1.31. The van der Waals surface area contributed by atoms with E-state index in [9.17, 15) is 0 Å². The Morgan fingerprint density at radius 3 is 2.80 bits per heavy atom. The third-order valence-electron chi connectivity index (χ3n) is 2.05. The molecule has 0 aliphatic carbocycles. The summed E-state index contributed by atoms with van der Waals surface area (Å²) in [6, 6.07) is 9.98. The Morgan fingerprint density at radius 2 is 2.13 bits per heavy atom. The van der Waals surface area contributed by atoms with Crippen molar-refractivity contribution in [3.05, 3.63) is 46.6 Å². The lowest BCUT2D eigenvalue weighted by atomic mass is 10.2. The molecule has 0 unspecified atom stereocenters. The molecule has 0 aliphatic heterocycles. The van der Waals surface area contributed by atoms with Crippen molar-refractivity contribution in [3.8, 4) is 0 Å². The van der Waals surface area contributed by atoms with Crippen LogP contribution in [0.5, 0.6) is 0 Å². The highest BCUT2D eigenvalue weighted by atomic mass is 79.9. The zero-order valence-corrected chi connectivity index (χ0v) is 10.4. The van der Waals surface area contributed by atoms with Crippen molar-refractivity contribution in [3.63, 3.8) is 0 Å². The second kappa shape index (κ2) is 4.72. The van der Waals surface area contributed by atoms with Crippen molar-refractivity contribution >= 4 is 34.6 Å². The largest absolute Gasteiger partial charge is 0.316 e. The Kier molecular flexibility index (Phi) is 3.33. The maximum atomic E-state index is 4.27. The van der Waals surface area contributed by atoms with E-state index in [1.165, 1.54) is 5.56 Å². The summed E-state index contributed by atoms with van der Waals surface area (Å²) < 4.78 is 5.66. The van der Waals surface area contributed by atoms with Crippen molar-refractivity contribution < 1.29 is 0 Å². The van der Waals surface area contributed by atoms with Crippen molar-refractivity contribution in [2.24, 2.45) is 0 Å². The molecule has 1 heterocycles. The zero-order valence-electron chi connectivity index (χ0n) is 7.89. The standard InChI is InChI=1S/C10H10BrN3S/c11-9-4-2-1-3-8(9)7-14-6-5-10(12-14)13-15/h1-6,15H,7H2,(H,12,13). The number of thiol groups is 1. The first-order valence-corrected chi connectivity index (χ1v) is 5.70. The molecule has 3 nitrogen and oxygen atoms in total. The van der Waals surface area contributed by atoms with Gasteiger partial charge >= 0.3 is 0 Å². The minimum Gasteiger partial charge on any atom is -0.316 e. The summed E-state index contributed by atoms with van der Waals surface area (Å²) >= 11 is 7.44. The molecule has 15 heavy (non-hydrogen) atoms. The molecule has 2 aromatic rings. The van der Waals surface area contributed by atoms with Gasteiger partial charge in [-0.05, 0) is 11.6 Å². The van der Waals surface area contributed by atoms with Gasteiger partial charge in [-0.3, -0.25) is 4.68 Å². The fourth-order valence-corrected chi connectivity index (χ4v) is 1.84. The van der Waals surface area contributed by atoms with E-state index in [-0.39, 0.29) is 0 Å². The molecule has 0 aliphatic rings. The average molecular weight is 284 g/mol. The molecule has 1 N–H and O–H groups in total. The maximum absolute atomic E-state index is 4.27. The summed E-state index contributed by atoms with van der Waals surface area (Å²) in [5, 5.41) is 4.27. The van der Waals surface area contributed by atoms with Gasteiger partial charge in [0.05, 0.1) is 6.54 Å². The normalized spacial score (nSPS) is 10.3. The molecule has 0 spiro atoms. The van der Waals surface area contributed by atoms with Gasteiger partial charge in [-0.1, -0.05) is 46.9 Å². The second-order valence-corrected chi connectivity index (χ2v) is 4.18. The van der Waals surface area contributed by atoms with Gasteiger partial charge in [0.25, 0.3) is 0 Å². The van der Waals surface area contributed by atoms with Gasteiger partial charge in [0, 0.05) is 16.7 Å². The molecule has 0 saturated carbocycles. The van der Waals surface area contributed by atoms with E-state index in [1.807, 2.05) is 35.1 Å². The van der Waals surface area contributed by atoms with Gasteiger partial charge in [0.15, 0.2) is 5.82 Å². The molecule has 0 atom stereocenters. The zero-order chi connectivity index (χ0) is 10.7. The van der Waals surface area contributed by atoms with Crippen LogP contribution in [-0.2, 0) is 6.54 Å². The van der Waals surface area contributed by atoms with Crippen molar-refractivity contribution in [1.82, 2.24) is 9.78 Å². The highest BCUT2D eigenvalue weighted by Crippen LogP contribution is 2.17. The number of rotatable bonds is 3. The number of nitrogens with one attached hydrogen (secondary N) is 1. The number of nitrogens with zero attached hydrogens (tertiary/aromatic N) is 2. The minimum atomic E-state index is 0.747. The Balaban J connectivity index is 2.18. The molecule has 0 bridgehead atoms. The Bertz CT molecular complexity index is 455. The predicted octanol–water partition coefficient (Wildman–Crippen LogP) is 2.95. The van der Waals surface area contributed by atoms with E-state index < -0.39 is 0 Å². The summed E-state index contributed by atoms with van der Waals surface area (Å²) in [6.45, 7) is 0.747. The van der Waals surface area contributed by atoms with E-state index in [2.05, 4.69) is 44.6 Å². The van der Waals surface area contributed by atoms with E-state index >= 15 is 0 Å². The Labute approximate surface area is 102 Å². The van der Waals surface area contributed by atoms with Gasteiger partial charge in [-0.2, -0.15) is 5.10 Å². The van der Waals surface area contributed by atoms with Crippen LogP contribution >= 0.6 is 28.7 Å².